The van der Waals surface area contributed by atoms with E-state index >= 15 is 0 Å². The van der Waals surface area contributed by atoms with Crippen molar-refractivity contribution in [3.63, 3.8) is 0 Å². The Kier molecular flexibility index (Phi) is 4.44. The minimum atomic E-state index is -0.703. The molecule has 1 aliphatic rings. The molecule has 10 heteroatoms. The zero-order valence-electron chi connectivity index (χ0n) is 15.7. The first-order valence-electron chi connectivity index (χ1n) is 9.32. The number of nitrogens with one attached hydrogen (secondary N) is 1. The van der Waals surface area contributed by atoms with Crippen molar-refractivity contribution in [1.82, 2.24) is 30.5 Å². The highest BCUT2D eigenvalue weighted by Crippen LogP contribution is 2.34. The van der Waals surface area contributed by atoms with E-state index in [1.807, 2.05) is 18.2 Å². The van der Waals surface area contributed by atoms with Gasteiger partial charge < -0.3 is 9.73 Å². The second-order valence-electron chi connectivity index (χ2n) is 7.07. The lowest BCUT2D eigenvalue weighted by Crippen LogP contribution is -2.36. The average Bonchev–Trinajstić information content (AvgIpc) is 3.20. The number of rotatable bonds is 6. The number of thiazole rings is 1. The van der Waals surface area contributed by atoms with Gasteiger partial charge >= 0.3 is 0 Å². The van der Waals surface area contributed by atoms with Crippen LogP contribution in [0.25, 0.3) is 21.5 Å². The molecular formula is C20H15N7O2S. The molecule has 3 heterocycles. The van der Waals surface area contributed by atoms with Crippen molar-refractivity contribution in [2.75, 3.05) is 0 Å². The normalized spacial score (nSPS) is 14.4. The molecule has 1 aliphatic carbocycles. The van der Waals surface area contributed by atoms with E-state index in [1.165, 1.54) is 0 Å². The van der Waals surface area contributed by atoms with E-state index in [9.17, 15) is 4.79 Å². The first-order valence-corrected chi connectivity index (χ1v) is 10.1. The van der Waals surface area contributed by atoms with Crippen LogP contribution in [-0.4, -0.2) is 36.6 Å². The number of hydrogen-bond donors (Lipinski definition) is 1. The molecule has 1 saturated carbocycles. The number of nitriles is 1. The van der Waals surface area contributed by atoms with Crippen molar-refractivity contribution < 1.29 is 9.21 Å². The summed E-state index contributed by atoms with van der Waals surface area (Å²) in [6.07, 6.45) is 6.73. The molecule has 3 aromatic heterocycles. The highest BCUT2D eigenvalue weighted by Gasteiger charge is 2.44. The maximum atomic E-state index is 12.1. The van der Waals surface area contributed by atoms with Crippen LogP contribution in [0.4, 0.5) is 0 Å². The van der Waals surface area contributed by atoms with E-state index in [-0.39, 0.29) is 18.2 Å². The second-order valence-corrected chi connectivity index (χ2v) is 8.18. The Morgan fingerprint density at radius 3 is 2.90 bits per heavy atom. The molecular weight excluding hydrogens is 402 g/mol. The third-order valence-electron chi connectivity index (χ3n) is 4.76. The van der Waals surface area contributed by atoms with E-state index in [1.54, 1.807) is 29.9 Å². The molecule has 0 bridgehead atoms. The largest absolute Gasteiger partial charge is 0.424 e. The maximum Gasteiger partial charge on any atom is 0.230 e. The fourth-order valence-electron chi connectivity index (χ4n) is 3.05. The van der Waals surface area contributed by atoms with Crippen LogP contribution in [0.5, 0.6) is 0 Å². The number of fused-ring (bicyclic) bond motifs is 1. The Labute approximate surface area is 174 Å². The fourth-order valence-corrected chi connectivity index (χ4v) is 4.05. The fraction of sp³-hybridized carbons (Fsp3) is 0.250. The van der Waals surface area contributed by atoms with Crippen LogP contribution in [0.1, 0.15) is 29.6 Å². The lowest BCUT2D eigenvalue weighted by Gasteiger charge is -2.06. The van der Waals surface area contributed by atoms with Crippen molar-refractivity contribution in [3.8, 4) is 17.3 Å². The van der Waals surface area contributed by atoms with Gasteiger partial charge in [0.15, 0.2) is 0 Å². The summed E-state index contributed by atoms with van der Waals surface area (Å²) in [6.45, 7) is 0. The number of nitrogens with zero attached hydrogens (tertiary/aromatic N) is 6. The van der Waals surface area contributed by atoms with Crippen LogP contribution in [0.15, 0.2) is 41.2 Å². The van der Waals surface area contributed by atoms with Gasteiger partial charge in [0.05, 0.1) is 34.6 Å². The maximum absolute atomic E-state index is 12.1. The zero-order chi connectivity index (χ0) is 20.6. The zero-order valence-corrected chi connectivity index (χ0v) is 16.5. The summed E-state index contributed by atoms with van der Waals surface area (Å²) in [7, 11) is 0. The van der Waals surface area contributed by atoms with E-state index < -0.39 is 5.54 Å². The lowest BCUT2D eigenvalue weighted by molar-refractivity contribution is -0.121. The molecule has 4 aromatic rings. The van der Waals surface area contributed by atoms with E-state index in [0.29, 0.717) is 25.2 Å². The molecule has 1 aromatic carbocycles. The van der Waals surface area contributed by atoms with Gasteiger partial charge in [0.1, 0.15) is 17.0 Å². The van der Waals surface area contributed by atoms with E-state index in [0.717, 1.165) is 26.5 Å². The van der Waals surface area contributed by atoms with Gasteiger partial charge in [-0.3, -0.25) is 14.8 Å². The molecule has 0 aliphatic heterocycles. The summed E-state index contributed by atoms with van der Waals surface area (Å²) >= 11 is 1.54. The monoisotopic (exact) mass is 417 g/mol. The lowest BCUT2D eigenvalue weighted by atomic mass is 10.1. The highest BCUT2D eigenvalue weighted by molar-refractivity contribution is 7.18. The number of amides is 1. The molecule has 1 N–H and O–H groups in total. The Morgan fingerprint density at radius 1 is 1.27 bits per heavy atom. The minimum Gasteiger partial charge on any atom is -0.424 e. The summed E-state index contributed by atoms with van der Waals surface area (Å²) in [4.78, 5) is 25.1. The van der Waals surface area contributed by atoms with Crippen LogP contribution < -0.4 is 5.32 Å². The molecule has 0 atom stereocenters. The van der Waals surface area contributed by atoms with Crippen molar-refractivity contribution in [2.24, 2.45) is 0 Å². The van der Waals surface area contributed by atoms with Crippen LogP contribution in [0.3, 0.4) is 0 Å². The number of benzene rings is 1. The van der Waals surface area contributed by atoms with Gasteiger partial charge in [-0.1, -0.05) is 6.07 Å². The number of hydrogen-bond acceptors (Lipinski definition) is 9. The van der Waals surface area contributed by atoms with Gasteiger partial charge in [0, 0.05) is 18.0 Å². The summed E-state index contributed by atoms with van der Waals surface area (Å²) in [5.74, 6) is 0.329. The van der Waals surface area contributed by atoms with Gasteiger partial charge in [0.25, 0.3) is 0 Å². The predicted octanol–water partition coefficient (Wildman–Crippen LogP) is 2.44. The SMILES string of the molecule is N#CC1(NC(=O)Cc2nnc(Cc3nc4ccc(-c5cnccn5)cc4s3)o2)CC1. The van der Waals surface area contributed by atoms with Crippen LogP contribution in [-0.2, 0) is 17.6 Å². The smallest absolute Gasteiger partial charge is 0.230 e. The van der Waals surface area contributed by atoms with E-state index in [2.05, 4.69) is 36.5 Å². The molecule has 30 heavy (non-hydrogen) atoms. The molecule has 0 unspecified atom stereocenters. The van der Waals surface area contributed by atoms with Crippen molar-refractivity contribution in [2.45, 2.75) is 31.2 Å². The molecule has 1 amide bonds. The topological polar surface area (TPSA) is 130 Å². The number of carbonyl (C=O) groups excluding carboxylic acids is 1. The second kappa shape index (κ2) is 7.27. The molecule has 1 fully saturated rings. The summed E-state index contributed by atoms with van der Waals surface area (Å²) < 4.78 is 6.62. The van der Waals surface area contributed by atoms with Crippen molar-refractivity contribution in [1.29, 1.82) is 5.26 Å². The van der Waals surface area contributed by atoms with Crippen LogP contribution in [0, 0.1) is 11.3 Å². The predicted molar refractivity (Wildman–Crippen MR) is 107 cm³/mol. The third kappa shape index (κ3) is 3.75. The molecule has 0 radical (unpaired) electrons. The van der Waals surface area contributed by atoms with Gasteiger partial charge in [-0.25, -0.2) is 4.98 Å². The van der Waals surface area contributed by atoms with Gasteiger partial charge in [-0.15, -0.1) is 21.5 Å². The van der Waals surface area contributed by atoms with Gasteiger partial charge in [-0.05, 0) is 25.0 Å². The highest BCUT2D eigenvalue weighted by atomic mass is 32.1. The van der Waals surface area contributed by atoms with Crippen molar-refractivity contribution in [3.05, 3.63) is 53.6 Å². The standard InChI is InChI=1S/C20H15N7O2S/c21-11-20(3-4-20)25-16(28)8-17-26-27-18(29-17)9-19-24-13-2-1-12(7-15(13)30-19)14-10-22-5-6-23-14/h1-2,5-7,10H,3-4,8-9H2,(H,25,28). The Morgan fingerprint density at radius 2 is 2.13 bits per heavy atom. The Bertz CT molecular complexity index is 1270. The Hall–Kier alpha value is -3.71. The van der Waals surface area contributed by atoms with Crippen LogP contribution >= 0.6 is 11.3 Å². The van der Waals surface area contributed by atoms with Crippen molar-refractivity contribution >= 4 is 27.5 Å². The molecule has 148 valence electrons. The quantitative estimate of drug-likeness (QED) is 0.506. The Balaban J connectivity index is 1.28. The molecule has 0 spiro atoms. The van der Waals surface area contributed by atoms with Gasteiger partial charge in [0.2, 0.25) is 17.7 Å². The number of carbonyl (C=O) groups is 1. The first kappa shape index (κ1) is 18.3. The number of aromatic nitrogens is 5. The summed E-state index contributed by atoms with van der Waals surface area (Å²) in [6, 6.07) is 8.07. The first-order chi connectivity index (χ1) is 14.6. The third-order valence-corrected chi connectivity index (χ3v) is 5.78. The average molecular weight is 417 g/mol. The molecule has 9 nitrogen and oxygen atoms in total. The molecule has 5 rings (SSSR count). The molecule has 0 saturated heterocycles. The minimum absolute atomic E-state index is 0.0439. The summed E-state index contributed by atoms with van der Waals surface area (Å²) in [5.41, 5.74) is 1.96. The summed E-state index contributed by atoms with van der Waals surface area (Å²) in [5, 5.41) is 20.6. The van der Waals surface area contributed by atoms with Crippen LogP contribution in [0.2, 0.25) is 0 Å². The van der Waals surface area contributed by atoms with E-state index in [4.69, 9.17) is 9.68 Å². The van der Waals surface area contributed by atoms with Gasteiger partial charge in [-0.2, -0.15) is 5.26 Å².